The molecule has 1 saturated heterocycles. The van der Waals surface area contributed by atoms with Gasteiger partial charge in [0.2, 0.25) is 5.91 Å². The van der Waals surface area contributed by atoms with Crippen LogP contribution in [0.4, 0.5) is 13.2 Å². The maximum Gasteiger partial charge on any atom is 0.433 e. The molecule has 0 bridgehead atoms. The number of fused-ring (bicyclic) bond motifs is 1. The highest BCUT2D eigenvalue weighted by Crippen LogP contribution is 2.38. The quantitative estimate of drug-likeness (QED) is 0.844. The van der Waals surface area contributed by atoms with Gasteiger partial charge in [0, 0.05) is 18.1 Å². The van der Waals surface area contributed by atoms with E-state index in [4.69, 9.17) is 0 Å². The van der Waals surface area contributed by atoms with Gasteiger partial charge >= 0.3 is 6.18 Å². The molecule has 0 atom stereocenters. The third kappa shape index (κ3) is 3.50. The normalized spacial score (nSPS) is 19.9. The number of hydrogen-bond acceptors (Lipinski definition) is 3. The van der Waals surface area contributed by atoms with Crippen LogP contribution in [0.15, 0.2) is 24.4 Å². The van der Waals surface area contributed by atoms with Crippen molar-refractivity contribution in [2.75, 3.05) is 19.6 Å². The zero-order chi connectivity index (χ0) is 20.2. The summed E-state index contributed by atoms with van der Waals surface area (Å²) < 4.78 is 40.8. The zero-order valence-electron chi connectivity index (χ0n) is 16.1. The molecule has 0 spiro atoms. The molecule has 5 nitrogen and oxygen atoms in total. The number of pyridine rings is 1. The molecule has 2 aromatic heterocycles. The summed E-state index contributed by atoms with van der Waals surface area (Å²) in [4.78, 5) is 19.3. The molecule has 3 heterocycles. The predicted molar refractivity (Wildman–Crippen MR) is 99.8 cm³/mol. The van der Waals surface area contributed by atoms with E-state index < -0.39 is 17.4 Å². The first-order valence-electron chi connectivity index (χ1n) is 9.72. The van der Waals surface area contributed by atoms with Crippen molar-refractivity contribution in [1.82, 2.24) is 19.8 Å². The van der Waals surface area contributed by atoms with Gasteiger partial charge in [0.15, 0.2) is 0 Å². The van der Waals surface area contributed by atoms with E-state index in [1.165, 1.54) is 18.9 Å². The van der Waals surface area contributed by atoms with Crippen molar-refractivity contribution in [3.8, 4) is 0 Å². The molecule has 2 aliphatic rings. The number of amides is 1. The Morgan fingerprint density at radius 1 is 1.18 bits per heavy atom. The second kappa shape index (κ2) is 6.47. The highest BCUT2D eigenvalue weighted by molar-refractivity contribution is 5.87. The Labute approximate surface area is 161 Å². The first-order valence-corrected chi connectivity index (χ1v) is 9.72. The van der Waals surface area contributed by atoms with Crippen LogP contribution in [0.25, 0.3) is 11.0 Å². The fourth-order valence-electron chi connectivity index (χ4n) is 3.96. The van der Waals surface area contributed by atoms with Gasteiger partial charge < -0.3 is 14.8 Å². The Morgan fingerprint density at radius 2 is 1.86 bits per heavy atom. The molecule has 152 valence electrons. The summed E-state index contributed by atoms with van der Waals surface area (Å²) in [5.41, 5.74) is -2.05. The molecule has 1 N–H and O–H groups in total. The molecule has 28 heavy (non-hydrogen) atoms. The van der Waals surface area contributed by atoms with Crippen LogP contribution < -0.4 is 5.32 Å². The smallest absolute Gasteiger partial charge is 0.347 e. The second-order valence-electron chi connectivity index (χ2n) is 8.57. The summed E-state index contributed by atoms with van der Waals surface area (Å²) in [6.07, 6.45) is 1.37. The number of nitrogens with zero attached hydrogens (tertiary/aromatic N) is 3. The van der Waals surface area contributed by atoms with E-state index in [9.17, 15) is 18.0 Å². The number of hydrogen-bond donors (Lipinski definition) is 1. The minimum Gasteiger partial charge on any atom is -0.347 e. The molecule has 8 heteroatoms. The number of halogens is 3. The predicted octanol–water partition coefficient (Wildman–Crippen LogP) is 3.53. The van der Waals surface area contributed by atoms with Gasteiger partial charge in [0.05, 0.1) is 5.54 Å². The van der Waals surface area contributed by atoms with Crippen LogP contribution in [0, 0.1) is 0 Å². The Bertz CT molecular complexity index is 892. The number of nitrogens with one attached hydrogen (secondary N) is 1. The average molecular weight is 394 g/mol. The van der Waals surface area contributed by atoms with Gasteiger partial charge in [-0.25, -0.2) is 4.98 Å². The van der Waals surface area contributed by atoms with Crippen LogP contribution in [0.1, 0.15) is 45.2 Å². The fraction of sp³-hybridized carbons (Fsp3) is 0.600. The average Bonchev–Trinajstić information content (AvgIpc) is 3.02. The van der Waals surface area contributed by atoms with Gasteiger partial charge in [-0.3, -0.25) is 4.79 Å². The van der Waals surface area contributed by atoms with Crippen LogP contribution in [-0.4, -0.2) is 45.5 Å². The number of aromatic nitrogens is 2. The summed E-state index contributed by atoms with van der Waals surface area (Å²) in [5, 5.41) is 3.76. The highest BCUT2D eigenvalue weighted by atomic mass is 19.4. The minimum atomic E-state index is -4.52. The van der Waals surface area contributed by atoms with Crippen molar-refractivity contribution in [2.24, 2.45) is 0 Å². The summed E-state index contributed by atoms with van der Waals surface area (Å²) in [5.74, 6) is -0.194. The molecule has 2 aromatic rings. The molecular formula is C20H25F3N4O. The lowest BCUT2D eigenvalue weighted by atomic mass is 10.0. The Balaban J connectivity index is 1.58. The van der Waals surface area contributed by atoms with Gasteiger partial charge in [-0.15, -0.1) is 0 Å². The van der Waals surface area contributed by atoms with Crippen LogP contribution in [-0.2, 0) is 16.5 Å². The van der Waals surface area contributed by atoms with Gasteiger partial charge in [0.25, 0.3) is 0 Å². The van der Waals surface area contributed by atoms with Gasteiger partial charge in [-0.1, -0.05) is 0 Å². The lowest BCUT2D eigenvalue weighted by molar-refractivity contribution is -0.141. The van der Waals surface area contributed by atoms with Crippen LogP contribution >= 0.6 is 0 Å². The Hall–Kier alpha value is -2.09. The number of likely N-dealkylation sites (tertiary alicyclic amines) is 1. The van der Waals surface area contributed by atoms with Gasteiger partial charge in [-0.2, -0.15) is 13.2 Å². The summed E-state index contributed by atoms with van der Waals surface area (Å²) in [6, 6.07) is 4.05. The molecule has 1 aliphatic heterocycles. The largest absolute Gasteiger partial charge is 0.433 e. The molecule has 0 radical (unpaired) electrons. The zero-order valence-corrected chi connectivity index (χ0v) is 16.1. The lowest BCUT2D eigenvalue weighted by Crippen LogP contribution is -2.52. The van der Waals surface area contributed by atoms with E-state index in [2.05, 4.69) is 15.2 Å². The third-order valence-electron chi connectivity index (χ3n) is 5.94. The number of alkyl halides is 3. The summed E-state index contributed by atoms with van der Waals surface area (Å²) in [6.45, 7) is 6.41. The number of carbonyl (C=O) groups excluding carboxylic acids is 1. The Morgan fingerprint density at radius 3 is 2.46 bits per heavy atom. The summed E-state index contributed by atoms with van der Waals surface area (Å²) in [7, 11) is 0. The third-order valence-corrected chi connectivity index (χ3v) is 5.94. The topological polar surface area (TPSA) is 50.2 Å². The van der Waals surface area contributed by atoms with E-state index in [1.54, 1.807) is 30.7 Å². The van der Waals surface area contributed by atoms with Gasteiger partial charge in [-0.05, 0) is 70.8 Å². The summed E-state index contributed by atoms with van der Waals surface area (Å²) >= 11 is 0. The maximum absolute atomic E-state index is 13.1. The van der Waals surface area contributed by atoms with Crippen LogP contribution in [0.2, 0.25) is 0 Å². The standard InChI is InChI=1S/C20H25F3N4O/c1-18(2,17(28)25-19(8-9-19)13-26-10-3-4-11-26)27-12-7-14-5-6-15(20(21,22)23)24-16(14)27/h5-7,12H,3-4,8-11,13H2,1-2H3,(H,25,28). The van der Waals surface area contributed by atoms with Crippen molar-refractivity contribution >= 4 is 16.9 Å². The molecule has 4 rings (SSSR count). The first-order chi connectivity index (χ1) is 13.1. The molecule has 1 saturated carbocycles. The molecule has 0 aromatic carbocycles. The monoisotopic (exact) mass is 394 g/mol. The van der Waals surface area contributed by atoms with Crippen molar-refractivity contribution in [2.45, 2.75) is 56.8 Å². The minimum absolute atomic E-state index is 0.166. The fourth-order valence-corrected chi connectivity index (χ4v) is 3.96. The second-order valence-corrected chi connectivity index (χ2v) is 8.57. The van der Waals surface area contributed by atoms with E-state index in [0.717, 1.165) is 38.5 Å². The SMILES string of the molecule is CC(C)(C(=O)NC1(CN2CCCC2)CC1)n1ccc2ccc(C(F)(F)F)nc21. The molecule has 2 fully saturated rings. The van der Waals surface area contributed by atoms with Crippen LogP contribution in [0.5, 0.6) is 0 Å². The maximum atomic E-state index is 13.1. The van der Waals surface area contributed by atoms with Crippen molar-refractivity contribution in [3.63, 3.8) is 0 Å². The van der Waals surface area contributed by atoms with E-state index in [0.29, 0.717) is 5.39 Å². The van der Waals surface area contributed by atoms with Crippen LogP contribution in [0.3, 0.4) is 0 Å². The number of carbonyl (C=O) groups is 1. The number of rotatable bonds is 5. The molecule has 1 aliphatic carbocycles. The Kier molecular flexibility index (Phi) is 4.45. The molecule has 1 amide bonds. The molecule has 0 unspecified atom stereocenters. The van der Waals surface area contributed by atoms with E-state index >= 15 is 0 Å². The van der Waals surface area contributed by atoms with Crippen molar-refractivity contribution < 1.29 is 18.0 Å². The van der Waals surface area contributed by atoms with Crippen molar-refractivity contribution in [3.05, 3.63) is 30.1 Å². The molecular weight excluding hydrogens is 369 g/mol. The van der Waals surface area contributed by atoms with E-state index in [-0.39, 0.29) is 17.1 Å². The highest BCUT2D eigenvalue weighted by Gasteiger charge is 2.48. The van der Waals surface area contributed by atoms with E-state index in [1.807, 2.05) is 0 Å². The van der Waals surface area contributed by atoms with Crippen molar-refractivity contribution in [1.29, 1.82) is 0 Å². The lowest BCUT2D eigenvalue weighted by Gasteiger charge is -2.31. The first kappa shape index (κ1) is 19.2. The van der Waals surface area contributed by atoms with Gasteiger partial charge in [0.1, 0.15) is 16.9 Å².